The minimum atomic E-state index is 0.942. The summed E-state index contributed by atoms with van der Waals surface area (Å²) in [5.74, 6) is 0. The Morgan fingerprint density at radius 3 is 2.42 bits per heavy atom. The minimum absolute atomic E-state index is 0.942. The first-order valence-electron chi connectivity index (χ1n) is 7.87. The third-order valence-corrected chi connectivity index (χ3v) is 4.37. The van der Waals surface area contributed by atoms with Gasteiger partial charge >= 0.3 is 0 Å². The van der Waals surface area contributed by atoms with Gasteiger partial charge in [-0.3, -0.25) is 9.97 Å². The van der Waals surface area contributed by atoms with Gasteiger partial charge in [-0.1, -0.05) is 36.4 Å². The van der Waals surface area contributed by atoms with Gasteiger partial charge < -0.3 is 0 Å². The molecule has 0 saturated carbocycles. The summed E-state index contributed by atoms with van der Waals surface area (Å²) in [7, 11) is 0. The molecule has 0 N–H and O–H groups in total. The summed E-state index contributed by atoms with van der Waals surface area (Å²) in [6.45, 7) is 0. The van der Waals surface area contributed by atoms with Crippen molar-refractivity contribution in [2.75, 3.05) is 0 Å². The summed E-state index contributed by atoms with van der Waals surface area (Å²) < 4.78 is 0. The molecule has 0 amide bonds. The van der Waals surface area contributed by atoms with E-state index in [2.05, 4.69) is 58.5 Å². The molecule has 3 heterocycles. The highest BCUT2D eigenvalue weighted by Crippen LogP contribution is 2.27. The lowest BCUT2D eigenvalue weighted by atomic mass is 10.0. The molecule has 5 aromatic rings. The number of fused-ring (bicyclic) bond motifs is 4. The van der Waals surface area contributed by atoms with Gasteiger partial charge in [0.2, 0.25) is 0 Å². The standard InChI is InChI=1S/C21H13N3/c1-2-15-4-5-16-7-8-19(24-21(16)20(15)23-10-1)17-6-3-14-9-11-22-13-18(14)12-17/h1-13H. The van der Waals surface area contributed by atoms with Crippen molar-refractivity contribution >= 4 is 32.6 Å². The Bertz CT molecular complexity index is 1210. The molecule has 0 radical (unpaired) electrons. The quantitative estimate of drug-likeness (QED) is 0.409. The van der Waals surface area contributed by atoms with Crippen LogP contribution in [-0.2, 0) is 0 Å². The number of benzene rings is 2. The predicted octanol–water partition coefficient (Wildman–Crippen LogP) is 5.00. The van der Waals surface area contributed by atoms with Crippen molar-refractivity contribution in [3.05, 3.63) is 79.3 Å². The summed E-state index contributed by atoms with van der Waals surface area (Å²) in [5.41, 5.74) is 3.92. The highest BCUT2D eigenvalue weighted by Gasteiger charge is 2.06. The zero-order chi connectivity index (χ0) is 15.9. The Morgan fingerprint density at radius 1 is 0.625 bits per heavy atom. The maximum Gasteiger partial charge on any atom is 0.0972 e. The number of rotatable bonds is 1. The van der Waals surface area contributed by atoms with Gasteiger partial charge in [0, 0.05) is 40.3 Å². The van der Waals surface area contributed by atoms with Gasteiger partial charge in [0.15, 0.2) is 0 Å². The Kier molecular flexibility index (Phi) is 2.79. The van der Waals surface area contributed by atoms with Gasteiger partial charge in [0.05, 0.1) is 16.7 Å². The first kappa shape index (κ1) is 13.1. The minimum Gasteiger partial charge on any atom is -0.264 e. The lowest BCUT2D eigenvalue weighted by Crippen LogP contribution is -1.89. The van der Waals surface area contributed by atoms with E-state index in [-0.39, 0.29) is 0 Å². The Labute approximate surface area is 138 Å². The number of pyridine rings is 3. The third kappa shape index (κ3) is 2.02. The summed E-state index contributed by atoms with van der Waals surface area (Å²) >= 11 is 0. The van der Waals surface area contributed by atoms with Crippen LogP contribution in [0, 0.1) is 0 Å². The van der Waals surface area contributed by atoms with Gasteiger partial charge in [-0.2, -0.15) is 0 Å². The molecule has 0 aliphatic rings. The second kappa shape index (κ2) is 5.10. The van der Waals surface area contributed by atoms with Crippen molar-refractivity contribution in [3.63, 3.8) is 0 Å². The van der Waals surface area contributed by atoms with Crippen LogP contribution in [-0.4, -0.2) is 15.0 Å². The van der Waals surface area contributed by atoms with Crippen molar-refractivity contribution in [2.45, 2.75) is 0 Å². The molecule has 0 saturated heterocycles. The second-order valence-electron chi connectivity index (χ2n) is 5.85. The van der Waals surface area contributed by atoms with Gasteiger partial charge in [0.25, 0.3) is 0 Å². The highest BCUT2D eigenvalue weighted by atomic mass is 14.7. The third-order valence-electron chi connectivity index (χ3n) is 4.37. The molecule has 0 atom stereocenters. The lowest BCUT2D eigenvalue weighted by Gasteiger charge is -2.07. The number of hydrogen-bond donors (Lipinski definition) is 0. The predicted molar refractivity (Wildman–Crippen MR) is 97.8 cm³/mol. The van der Waals surface area contributed by atoms with Crippen molar-refractivity contribution in [3.8, 4) is 11.3 Å². The van der Waals surface area contributed by atoms with E-state index < -0.39 is 0 Å². The second-order valence-corrected chi connectivity index (χ2v) is 5.85. The summed E-state index contributed by atoms with van der Waals surface area (Å²) in [5, 5.41) is 4.51. The summed E-state index contributed by atoms with van der Waals surface area (Å²) in [4.78, 5) is 13.6. The number of aromatic nitrogens is 3. The van der Waals surface area contributed by atoms with E-state index in [1.165, 1.54) is 5.39 Å². The van der Waals surface area contributed by atoms with Crippen LogP contribution in [0.3, 0.4) is 0 Å². The molecule has 3 nitrogen and oxygen atoms in total. The van der Waals surface area contributed by atoms with Crippen LogP contribution in [0.5, 0.6) is 0 Å². The van der Waals surface area contributed by atoms with Crippen LogP contribution >= 0.6 is 0 Å². The van der Waals surface area contributed by atoms with Crippen LogP contribution in [0.2, 0.25) is 0 Å². The molecule has 5 rings (SSSR count). The monoisotopic (exact) mass is 307 g/mol. The fourth-order valence-corrected chi connectivity index (χ4v) is 3.13. The topological polar surface area (TPSA) is 38.7 Å². The Hall–Kier alpha value is -3.33. The maximum absolute atomic E-state index is 4.90. The zero-order valence-corrected chi connectivity index (χ0v) is 12.8. The van der Waals surface area contributed by atoms with E-state index in [1.807, 2.05) is 30.7 Å². The van der Waals surface area contributed by atoms with E-state index in [4.69, 9.17) is 4.98 Å². The van der Waals surface area contributed by atoms with Crippen LogP contribution in [0.1, 0.15) is 0 Å². The fourth-order valence-electron chi connectivity index (χ4n) is 3.13. The highest BCUT2D eigenvalue weighted by molar-refractivity contribution is 6.03. The van der Waals surface area contributed by atoms with E-state index in [0.717, 1.165) is 38.4 Å². The molecule has 0 aliphatic carbocycles. The van der Waals surface area contributed by atoms with Crippen LogP contribution in [0.4, 0.5) is 0 Å². The van der Waals surface area contributed by atoms with Gasteiger partial charge in [-0.15, -0.1) is 0 Å². The first-order chi connectivity index (χ1) is 11.9. The average molecular weight is 307 g/mol. The number of hydrogen-bond acceptors (Lipinski definition) is 3. The summed E-state index contributed by atoms with van der Waals surface area (Å²) in [6, 6.07) is 20.8. The molecule has 0 unspecified atom stereocenters. The van der Waals surface area contributed by atoms with Crippen molar-refractivity contribution < 1.29 is 0 Å². The van der Waals surface area contributed by atoms with Gasteiger partial charge in [-0.05, 0) is 29.7 Å². The molecule has 112 valence electrons. The molecule has 24 heavy (non-hydrogen) atoms. The molecular weight excluding hydrogens is 294 g/mol. The van der Waals surface area contributed by atoms with Crippen molar-refractivity contribution in [2.24, 2.45) is 0 Å². The van der Waals surface area contributed by atoms with Crippen molar-refractivity contribution in [1.29, 1.82) is 0 Å². The molecule has 0 aliphatic heterocycles. The molecule has 0 fully saturated rings. The Morgan fingerprint density at radius 2 is 1.46 bits per heavy atom. The lowest BCUT2D eigenvalue weighted by molar-refractivity contribution is 1.36. The van der Waals surface area contributed by atoms with Crippen LogP contribution in [0.15, 0.2) is 79.3 Å². The van der Waals surface area contributed by atoms with Crippen molar-refractivity contribution in [1.82, 2.24) is 15.0 Å². The van der Waals surface area contributed by atoms with E-state index in [1.54, 1.807) is 0 Å². The molecule has 3 heteroatoms. The zero-order valence-electron chi connectivity index (χ0n) is 12.8. The normalized spacial score (nSPS) is 11.3. The van der Waals surface area contributed by atoms with Gasteiger partial charge in [-0.25, -0.2) is 4.98 Å². The molecule has 3 aromatic heterocycles. The molecular formula is C21H13N3. The maximum atomic E-state index is 4.90. The van der Waals surface area contributed by atoms with Crippen LogP contribution < -0.4 is 0 Å². The van der Waals surface area contributed by atoms with Crippen LogP contribution in [0.25, 0.3) is 43.8 Å². The van der Waals surface area contributed by atoms with E-state index in [9.17, 15) is 0 Å². The van der Waals surface area contributed by atoms with Gasteiger partial charge in [0.1, 0.15) is 0 Å². The Balaban J connectivity index is 1.77. The first-order valence-corrected chi connectivity index (χ1v) is 7.87. The smallest absolute Gasteiger partial charge is 0.0972 e. The van der Waals surface area contributed by atoms with E-state index in [0.29, 0.717) is 0 Å². The fraction of sp³-hybridized carbons (Fsp3) is 0. The number of nitrogens with zero attached hydrogens (tertiary/aromatic N) is 3. The molecule has 2 aromatic carbocycles. The summed E-state index contributed by atoms with van der Waals surface area (Å²) in [6.07, 6.45) is 5.52. The SMILES string of the molecule is c1cnc2c(c1)ccc1ccc(-c3ccc4ccncc4c3)nc12. The molecule has 0 bridgehead atoms. The molecule has 0 spiro atoms. The van der Waals surface area contributed by atoms with E-state index >= 15 is 0 Å². The largest absolute Gasteiger partial charge is 0.264 e. The average Bonchev–Trinajstić information content (AvgIpc) is 2.67.